The SMILES string of the molecule is Cc1cc(C)c([NH-])c(C)c1.Cc1cc(C)c([NH-])c(C)c1.[Cl][Pt+2][Cl]. The van der Waals surface area contributed by atoms with Crippen LogP contribution in [-0.4, -0.2) is 0 Å². The van der Waals surface area contributed by atoms with Crippen LogP contribution < -0.4 is 0 Å². The number of hydrogen-bond acceptors (Lipinski definition) is 0. The number of halogens is 2. The Morgan fingerprint density at radius 2 is 0.783 bits per heavy atom. The molecule has 0 saturated carbocycles. The topological polar surface area (TPSA) is 47.6 Å². The molecule has 0 radical (unpaired) electrons. The van der Waals surface area contributed by atoms with E-state index >= 15 is 0 Å². The number of benzene rings is 2. The van der Waals surface area contributed by atoms with E-state index in [2.05, 4.69) is 13.8 Å². The standard InChI is InChI=1S/2C9H12N.2ClH.Pt/c2*1-6-4-7(2)9(10)8(3)5-6;;;/h2*4-5,10H,1-3H3;2*1H;/q2*-1;;;+4/p-2. The van der Waals surface area contributed by atoms with Crippen LogP contribution in [0, 0.1) is 41.5 Å². The van der Waals surface area contributed by atoms with Crippen molar-refractivity contribution >= 4 is 30.2 Å². The molecule has 2 N–H and O–H groups in total. The summed E-state index contributed by atoms with van der Waals surface area (Å²) >= 11 is -0.472. The van der Waals surface area contributed by atoms with Crippen molar-refractivity contribution in [1.29, 1.82) is 0 Å². The molecule has 0 amide bonds. The molecule has 0 aliphatic carbocycles. The molecular formula is C18H24Cl2N2Pt. The predicted octanol–water partition coefficient (Wildman–Crippen LogP) is 7.97. The van der Waals surface area contributed by atoms with Crippen molar-refractivity contribution < 1.29 is 16.5 Å². The Balaban J connectivity index is 0.000000360. The Labute approximate surface area is 156 Å². The molecule has 2 nitrogen and oxygen atoms in total. The van der Waals surface area contributed by atoms with Crippen molar-refractivity contribution in [3.8, 4) is 0 Å². The monoisotopic (exact) mass is 533 g/mol. The fourth-order valence-corrected chi connectivity index (χ4v) is 2.36. The van der Waals surface area contributed by atoms with E-state index in [9.17, 15) is 0 Å². The van der Waals surface area contributed by atoms with E-state index in [0.29, 0.717) is 11.4 Å². The molecular weight excluding hydrogens is 510 g/mol. The van der Waals surface area contributed by atoms with Gasteiger partial charge in [-0.2, -0.15) is 0 Å². The summed E-state index contributed by atoms with van der Waals surface area (Å²) in [5.41, 5.74) is 23.2. The fraction of sp³-hybridized carbons (Fsp3) is 0.333. The molecule has 0 unspecified atom stereocenters. The molecule has 23 heavy (non-hydrogen) atoms. The average molecular weight is 534 g/mol. The van der Waals surface area contributed by atoms with Gasteiger partial charge in [-0.3, -0.25) is 0 Å². The first-order valence-electron chi connectivity index (χ1n) is 7.05. The summed E-state index contributed by atoms with van der Waals surface area (Å²) in [6.07, 6.45) is 0. The third-order valence-corrected chi connectivity index (χ3v) is 3.35. The quantitative estimate of drug-likeness (QED) is 0.329. The van der Waals surface area contributed by atoms with E-state index in [0.717, 1.165) is 22.3 Å². The van der Waals surface area contributed by atoms with Crippen LogP contribution in [0.4, 0.5) is 11.4 Å². The zero-order chi connectivity index (χ0) is 18.2. The second-order valence-corrected chi connectivity index (χ2v) is 8.88. The van der Waals surface area contributed by atoms with Gasteiger partial charge in [0, 0.05) is 0 Å². The van der Waals surface area contributed by atoms with Gasteiger partial charge in [-0.25, -0.2) is 0 Å². The fourth-order valence-electron chi connectivity index (χ4n) is 2.36. The molecule has 130 valence electrons. The Hall–Kier alpha value is -0.692. The molecule has 0 heterocycles. The van der Waals surface area contributed by atoms with E-state index < -0.39 is 16.5 Å². The van der Waals surface area contributed by atoms with E-state index in [1.165, 1.54) is 11.1 Å². The van der Waals surface area contributed by atoms with Gasteiger partial charge in [-0.15, -0.1) is 11.4 Å². The van der Waals surface area contributed by atoms with Crippen LogP contribution in [-0.2, 0) is 16.5 Å². The van der Waals surface area contributed by atoms with Crippen LogP contribution >= 0.6 is 18.8 Å². The molecule has 2 aromatic carbocycles. The predicted molar refractivity (Wildman–Crippen MR) is 101 cm³/mol. The third-order valence-electron chi connectivity index (χ3n) is 3.35. The van der Waals surface area contributed by atoms with E-state index in [1.807, 2.05) is 52.0 Å². The van der Waals surface area contributed by atoms with Crippen LogP contribution in [0.5, 0.6) is 0 Å². The molecule has 2 rings (SSSR count). The Kier molecular flexibility index (Phi) is 10.6. The molecule has 0 aliphatic heterocycles. The Bertz CT molecular complexity index is 541. The van der Waals surface area contributed by atoms with E-state index in [-0.39, 0.29) is 0 Å². The Morgan fingerprint density at radius 1 is 0.609 bits per heavy atom. The van der Waals surface area contributed by atoms with Crippen LogP contribution in [0.15, 0.2) is 24.3 Å². The van der Waals surface area contributed by atoms with Crippen LogP contribution in [0.2, 0.25) is 0 Å². The maximum absolute atomic E-state index is 7.54. The number of rotatable bonds is 0. The van der Waals surface area contributed by atoms with Gasteiger partial charge in [-0.1, -0.05) is 57.6 Å². The molecule has 0 aromatic heterocycles. The molecule has 0 bridgehead atoms. The summed E-state index contributed by atoms with van der Waals surface area (Å²) < 4.78 is 0. The van der Waals surface area contributed by atoms with Crippen molar-refractivity contribution in [1.82, 2.24) is 0 Å². The van der Waals surface area contributed by atoms with Crippen molar-refractivity contribution in [2.75, 3.05) is 0 Å². The van der Waals surface area contributed by atoms with Crippen molar-refractivity contribution in [3.05, 3.63) is 69.1 Å². The minimum absolute atomic E-state index is 0.472. The first-order chi connectivity index (χ1) is 10.6. The van der Waals surface area contributed by atoms with Crippen LogP contribution in [0.25, 0.3) is 11.5 Å². The Morgan fingerprint density at radius 3 is 0.957 bits per heavy atom. The third kappa shape index (κ3) is 8.10. The van der Waals surface area contributed by atoms with Crippen molar-refractivity contribution in [2.24, 2.45) is 0 Å². The molecule has 5 heteroatoms. The summed E-state index contributed by atoms with van der Waals surface area (Å²) in [6.45, 7) is 12.0. The molecule has 0 aliphatic rings. The summed E-state index contributed by atoms with van der Waals surface area (Å²) in [5, 5.41) is 0. The van der Waals surface area contributed by atoms with E-state index in [4.69, 9.17) is 30.3 Å². The van der Waals surface area contributed by atoms with E-state index in [1.54, 1.807) is 0 Å². The van der Waals surface area contributed by atoms with Crippen molar-refractivity contribution in [2.45, 2.75) is 41.5 Å². The molecule has 0 saturated heterocycles. The van der Waals surface area contributed by atoms with Gasteiger partial charge in [0.25, 0.3) is 0 Å². The first-order valence-corrected chi connectivity index (χ1v) is 12.7. The molecule has 2 aromatic rings. The van der Waals surface area contributed by atoms with Crippen LogP contribution in [0.1, 0.15) is 33.4 Å². The second kappa shape index (κ2) is 11.0. The summed E-state index contributed by atoms with van der Waals surface area (Å²) in [4.78, 5) is 0. The summed E-state index contributed by atoms with van der Waals surface area (Å²) in [7, 11) is 9.75. The maximum atomic E-state index is 7.54. The first kappa shape index (κ1) is 22.3. The van der Waals surface area contributed by atoms with Gasteiger partial charge in [0.2, 0.25) is 0 Å². The summed E-state index contributed by atoms with van der Waals surface area (Å²) in [5.74, 6) is 0. The normalized spacial score (nSPS) is 9.57. The van der Waals surface area contributed by atoms with Gasteiger partial charge < -0.3 is 11.5 Å². The average Bonchev–Trinajstić information content (AvgIpc) is 2.43. The minimum atomic E-state index is -0.472. The summed E-state index contributed by atoms with van der Waals surface area (Å²) in [6, 6.07) is 8.15. The van der Waals surface area contributed by atoms with Crippen molar-refractivity contribution in [3.63, 3.8) is 0 Å². The van der Waals surface area contributed by atoms with Crippen LogP contribution in [0.3, 0.4) is 0 Å². The number of nitrogens with one attached hydrogen (secondary N) is 2. The van der Waals surface area contributed by atoms with Gasteiger partial charge >= 0.3 is 35.3 Å². The van der Waals surface area contributed by atoms with Gasteiger partial charge in [0.05, 0.1) is 0 Å². The van der Waals surface area contributed by atoms with Gasteiger partial charge in [-0.05, 0) is 41.5 Å². The zero-order valence-electron chi connectivity index (χ0n) is 14.4. The van der Waals surface area contributed by atoms with Gasteiger partial charge in [0.15, 0.2) is 0 Å². The molecule has 0 fully saturated rings. The van der Waals surface area contributed by atoms with Gasteiger partial charge in [0.1, 0.15) is 0 Å². The second-order valence-electron chi connectivity index (χ2n) is 5.59. The molecule has 0 atom stereocenters. The zero-order valence-corrected chi connectivity index (χ0v) is 18.2. The number of hydrogen-bond donors (Lipinski definition) is 0. The molecule has 0 spiro atoms. The number of aryl methyl sites for hydroxylation is 6.